The van der Waals surface area contributed by atoms with Crippen LogP contribution in [0.1, 0.15) is 28.8 Å². The van der Waals surface area contributed by atoms with Gasteiger partial charge in [0, 0.05) is 6.54 Å². The van der Waals surface area contributed by atoms with Gasteiger partial charge in [0.15, 0.2) is 0 Å². The number of para-hydroxylation sites is 1. The van der Waals surface area contributed by atoms with Gasteiger partial charge in [0.2, 0.25) is 0 Å². The van der Waals surface area contributed by atoms with Crippen LogP contribution < -0.4 is 4.90 Å². The van der Waals surface area contributed by atoms with Crippen LogP contribution in [0.2, 0.25) is 0 Å². The molecule has 0 aliphatic carbocycles. The summed E-state index contributed by atoms with van der Waals surface area (Å²) >= 11 is 0. The monoisotopic (exact) mass is 416 g/mol. The smallest absolute Gasteiger partial charge is 0.415 e. The van der Waals surface area contributed by atoms with Crippen LogP contribution >= 0.6 is 0 Å². The lowest BCUT2D eigenvalue weighted by molar-refractivity contribution is -0.0312. The van der Waals surface area contributed by atoms with Crippen molar-refractivity contribution >= 4 is 17.7 Å². The van der Waals surface area contributed by atoms with E-state index in [0.717, 1.165) is 43.0 Å². The molecule has 30 heavy (non-hydrogen) atoms. The Kier molecular flexibility index (Phi) is 5.67. The van der Waals surface area contributed by atoms with E-state index in [4.69, 9.17) is 9.84 Å². The van der Waals surface area contributed by atoms with E-state index < -0.39 is 29.4 Å². The second-order valence-electron chi connectivity index (χ2n) is 7.72. The summed E-state index contributed by atoms with van der Waals surface area (Å²) < 4.78 is 34.7. The number of carbonyl (C=O) groups excluding carboxylic acids is 1. The molecule has 0 saturated carbocycles. The summed E-state index contributed by atoms with van der Waals surface area (Å²) in [6.07, 6.45) is 0.734. The number of hydrogen-bond acceptors (Lipinski definition) is 4. The molecule has 158 valence electrons. The van der Waals surface area contributed by atoms with E-state index in [1.165, 1.54) is 30.3 Å². The first-order chi connectivity index (χ1) is 14.4. The van der Waals surface area contributed by atoms with Crippen LogP contribution in [-0.2, 0) is 11.3 Å². The van der Waals surface area contributed by atoms with Gasteiger partial charge in [-0.2, -0.15) is 0 Å². The normalized spacial score (nSPS) is 22.5. The van der Waals surface area contributed by atoms with Gasteiger partial charge in [0.25, 0.3) is 0 Å². The number of fused-ring (bicyclic) bond motifs is 3. The average Bonchev–Trinajstić information content (AvgIpc) is 2.74. The highest BCUT2D eigenvalue weighted by atomic mass is 19.1. The fraction of sp³-hybridized carbons (Fsp3) is 0.364. The first kappa shape index (κ1) is 20.3. The van der Waals surface area contributed by atoms with Crippen molar-refractivity contribution in [2.24, 2.45) is 5.92 Å². The van der Waals surface area contributed by atoms with Crippen molar-refractivity contribution in [1.29, 1.82) is 0 Å². The van der Waals surface area contributed by atoms with Gasteiger partial charge in [-0.05, 0) is 61.7 Å². The highest BCUT2D eigenvalue weighted by molar-refractivity contribution is 5.89. The van der Waals surface area contributed by atoms with E-state index >= 15 is 0 Å². The van der Waals surface area contributed by atoms with Crippen molar-refractivity contribution in [3.05, 3.63) is 65.2 Å². The van der Waals surface area contributed by atoms with Crippen LogP contribution in [0.15, 0.2) is 42.5 Å². The second kappa shape index (κ2) is 8.39. The Morgan fingerprint density at radius 2 is 1.70 bits per heavy atom. The Labute approximate surface area is 172 Å². The molecular weight excluding hydrogens is 394 g/mol. The van der Waals surface area contributed by atoms with Crippen molar-refractivity contribution in [2.45, 2.75) is 25.5 Å². The van der Waals surface area contributed by atoms with Gasteiger partial charge in [-0.25, -0.2) is 18.4 Å². The number of benzene rings is 2. The van der Waals surface area contributed by atoms with E-state index in [2.05, 4.69) is 4.90 Å². The Hall–Kier alpha value is -3.00. The zero-order valence-corrected chi connectivity index (χ0v) is 16.3. The molecule has 8 heteroatoms. The molecule has 3 aliphatic heterocycles. The molecule has 6 nitrogen and oxygen atoms in total. The molecule has 3 fully saturated rings. The van der Waals surface area contributed by atoms with Crippen LogP contribution in [-0.4, -0.2) is 47.8 Å². The molecule has 3 saturated heterocycles. The molecule has 1 N–H and O–H groups in total. The summed E-state index contributed by atoms with van der Waals surface area (Å²) in [6, 6.07) is 9.18. The number of nitrogens with zero attached hydrogens (tertiary/aromatic N) is 2. The largest absolute Gasteiger partial charge is 0.478 e. The number of aromatic carboxylic acids is 1. The molecule has 0 radical (unpaired) electrons. The Morgan fingerprint density at radius 1 is 1.07 bits per heavy atom. The molecule has 1 amide bonds. The lowest BCUT2D eigenvalue weighted by Crippen LogP contribution is -2.53. The Bertz CT molecular complexity index is 922. The van der Waals surface area contributed by atoms with Gasteiger partial charge in [0.05, 0.1) is 12.1 Å². The van der Waals surface area contributed by atoms with E-state index in [-0.39, 0.29) is 24.1 Å². The number of carboxylic acid groups (broad SMARTS) is 1. The number of hydrogen-bond donors (Lipinski definition) is 1. The summed E-state index contributed by atoms with van der Waals surface area (Å²) in [5, 5.41) is 9.04. The number of carboxylic acids is 1. The molecule has 2 aromatic rings. The Morgan fingerprint density at radius 3 is 2.23 bits per heavy atom. The number of anilines is 1. The van der Waals surface area contributed by atoms with Gasteiger partial charge >= 0.3 is 12.1 Å². The maximum atomic E-state index is 14.5. The zero-order chi connectivity index (χ0) is 21.3. The zero-order valence-electron chi connectivity index (χ0n) is 16.3. The van der Waals surface area contributed by atoms with Crippen LogP contribution in [0.25, 0.3) is 0 Å². The molecule has 3 heterocycles. The summed E-state index contributed by atoms with van der Waals surface area (Å²) in [6.45, 7) is 2.41. The molecule has 2 aromatic carbocycles. The van der Waals surface area contributed by atoms with Crippen molar-refractivity contribution in [3.8, 4) is 0 Å². The number of amides is 1. The molecule has 3 aliphatic rings. The standard InChI is InChI=1S/C22H22F2N2O4/c23-17-2-1-3-18(24)20(17)26(12-14-4-6-16(7-5-14)21(27)28)22(29)30-19-13-25-10-8-15(19)9-11-25/h1-7,15,19H,8-13H2,(H,27,28)/t19-/m0/s1. The van der Waals surface area contributed by atoms with Gasteiger partial charge in [0.1, 0.15) is 23.4 Å². The lowest BCUT2D eigenvalue weighted by Gasteiger charge is -2.44. The topological polar surface area (TPSA) is 70.1 Å². The van der Waals surface area contributed by atoms with Crippen molar-refractivity contribution in [2.75, 3.05) is 24.5 Å². The molecule has 0 unspecified atom stereocenters. The molecule has 0 aromatic heterocycles. The van der Waals surface area contributed by atoms with Crippen molar-refractivity contribution in [3.63, 3.8) is 0 Å². The first-order valence-corrected chi connectivity index (χ1v) is 9.89. The summed E-state index contributed by atoms with van der Waals surface area (Å²) in [4.78, 5) is 27.2. The van der Waals surface area contributed by atoms with E-state index in [9.17, 15) is 18.4 Å². The summed E-state index contributed by atoms with van der Waals surface area (Å²) in [5.41, 5.74) is 0.122. The highest BCUT2D eigenvalue weighted by Crippen LogP contribution is 2.32. The number of carbonyl (C=O) groups is 2. The third-order valence-corrected chi connectivity index (χ3v) is 5.82. The van der Waals surface area contributed by atoms with Gasteiger partial charge in [-0.15, -0.1) is 0 Å². The number of piperidine rings is 3. The number of ether oxygens (including phenoxy) is 1. The molecular formula is C22H22F2N2O4. The molecule has 0 spiro atoms. The number of halogens is 2. The minimum absolute atomic E-state index is 0.0808. The second-order valence-corrected chi connectivity index (χ2v) is 7.72. The maximum absolute atomic E-state index is 14.5. The quantitative estimate of drug-likeness (QED) is 0.801. The minimum Gasteiger partial charge on any atom is -0.478 e. The number of rotatable bonds is 5. The van der Waals surface area contributed by atoms with Crippen LogP contribution in [0, 0.1) is 17.6 Å². The van der Waals surface area contributed by atoms with E-state index in [1.54, 1.807) is 0 Å². The maximum Gasteiger partial charge on any atom is 0.415 e. The van der Waals surface area contributed by atoms with E-state index in [0.29, 0.717) is 12.1 Å². The molecule has 5 rings (SSSR count). The predicted molar refractivity (Wildman–Crippen MR) is 105 cm³/mol. The SMILES string of the molecule is O=C(O)c1ccc(CN(C(=O)O[C@H]2CN3CCC2CC3)c2c(F)cccc2F)cc1. The fourth-order valence-electron chi connectivity index (χ4n) is 4.15. The van der Waals surface area contributed by atoms with Crippen molar-refractivity contribution in [1.82, 2.24) is 4.90 Å². The first-order valence-electron chi connectivity index (χ1n) is 9.89. The summed E-state index contributed by atoms with van der Waals surface area (Å²) in [5.74, 6) is -2.58. The van der Waals surface area contributed by atoms with Crippen LogP contribution in [0.3, 0.4) is 0 Å². The van der Waals surface area contributed by atoms with Gasteiger partial charge in [-0.3, -0.25) is 9.80 Å². The van der Waals surface area contributed by atoms with E-state index in [1.807, 2.05) is 0 Å². The Balaban J connectivity index is 1.60. The van der Waals surface area contributed by atoms with Gasteiger partial charge < -0.3 is 9.84 Å². The minimum atomic E-state index is -1.08. The molecule has 1 atom stereocenters. The van der Waals surface area contributed by atoms with Gasteiger partial charge in [-0.1, -0.05) is 18.2 Å². The highest BCUT2D eigenvalue weighted by Gasteiger charge is 2.38. The lowest BCUT2D eigenvalue weighted by atomic mass is 9.86. The average molecular weight is 416 g/mol. The molecule has 2 bridgehead atoms. The van der Waals surface area contributed by atoms with Crippen molar-refractivity contribution < 1.29 is 28.2 Å². The third kappa shape index (κ3) is 4.14. The third-order valence-electron chi connectivity index (χ3n) is 5.82. The predicted octanol–water partition coefficient (Wildman–Crippen LogP) is 3.90. The fourth-order valence-corrected chi connectivity index (χ4v) is 4.15. The summed E-state index contributed by atoms with van der Waals surface area (Å²) in [7, 11) is 0. The van der Waals surface area contributed by atoms with Crippen LogP contribution in [0.5, 0.6) is 0 Å². The van der Waals surface area contributed by atoms with Crippen LogP contribution in [0.4, 0.5) is 19.3 Å².